The van der Waals surface area contributed by atoms with Gasteiger partial charge < -0.3 is 14.2 Å². The van der Waals surface area contributed by atoms with Crippen LogP contribution < -0.4 is 19.6 Å². The maximum absolute atomic E-state index is 12.8. The van der Waals surface area contributed by atoms with Crippen LogP contribution in [-0.2, 0) is 13.2 Å². The Hall–Kier alpha value is -4.70. The summed E-state index contributed by atoms with van der Waals surface area (Å²) in [6.07, 6.45) is 1.48. The molecule has 1 N–H and O–H groups in total. The monoisotopic (exact) mass is 603 g/mol. The maximum atomic E-state index is 12.8. The maximum Gasteiger partial charge on any atom is 0.271 e. The molecule has 0 aliphatic heterocycles. The molecule has 4 rings (SSSR count). The first kappa shape index (κ1) is 28.3. The number of nitro benzene ring substituents is 1. The second-order valence-corrected chi connectivity index (χ2v) is 9.38. The van der Waals surface area contributed by atoms with E-state index in [1.807, 2.05) is 43.3 Å². The fourth-order valence-electron chi connectivity index (χ4n) is 3.62. The third kappa shape index (κ3) is 7.90. The number of halogens is 1. The minimum atomic E-state index is -0.450. The zero-order valence-electron chi connectivity index (χ0n) is 21.6. The van der Waals surface area contributed by atoms with E-state index >= 15 is 0 Å². The molecular formula is C30H26BrN3O6. The Balaban J connectivity index is 1.40. The molecule has 0 saturated carbocycles. The summed E-state index contributed by atoms with van der Waals surface area (Å²) in [6, 6.07) is 26.2. The largest absolute Gasteiger partial charge is 0.490 e. The van der Waals surface area contributed by atoms with Gasteiger partial charge in [0.15, 0.2) is 11.5 Å². The molecular weight excluding hydrogens is 578 g/mol. The van der Waals surface area contributed by atoms with Gasteiger partial charge in [0.2, 0.25) is 0 Å². The van der Waals surface area contributed by atoms with Gasteiger partial charge >= 0.3 is 0 Å². The first-order valence-corrected chi connectivity index (χ1v) is 13.1. The van der Waals surface area contributed by atoms with Gasteiger partial charge in [-0.25, -0.2) is 5.43 Å². The van der Waals surface area contributed by atoms with E-state index in [-0.39, 0.29) is 12.3 Å². The topological polar surface area (TPSA) is 112 Å². The Labute approximate surface area is 239 Å². The van der Waals surface area contributed by atoms with E-state index in [2.05, 4.69) is 26.5 Å². The number of benzene rings is 4. The molecule has 0 saturated heterocycles. The summed E-state index contributed by atoms with van der Waals surface area (Å²) in [5.74, 6) is 1.10. The molecule has 9 nitrogen and oxygen atoms in total. The first-order chi connectivity index (χ1) is 19.4. The highest BCUT2D eigenvalue weighted by Crippen LogP contribution is 2.29. The summed E-state index contributed by atoms with van der Waals surface area (Å²) in [4.78, 5) is 23.2. The zero-order chi connectivity index (χ0) is 28.3. The molecule has 0 spiro atoms. The van der Waals surface area contributed by atoms with E-state index in [0.717, 1.165) is 15.6 Å². The summed E-state index contributed by atoms with van der Waals surface area (Å²) in [7, 11) is 0. The lowest BCUT2D eigenvalue weighted by Crippen LogP contribution is -2.18. The molecule has 4 aromatic rings. The Morgan fingerprint density at radius 2 is 1.55 bits per heavy atom. The van der Waals surface area contributed by atoms with Gasteiger partial charge in [-0.1, -0.05) is 46.3 Å². The van der Waals surface area contributed by atoms with Crippen LogP contribution >= 0.6 is 15.9 Å². The Bertz CT molecular complexity index is 1490. The molecule has 10 heteroatoms. The van der Waals surface area contributed by atoms with Crippen molar-refractivity contribution in [2.24, 2.45) is 5.10 Å². The van der Waals surface area contributed by atoms with Gasteiger partial charge in [-0.15, -0.1) is 0 Å². The predicted molar refractivity (Wildman–Crippen MR) is 155 cm³/mol. The minimum Gasteiger partial charge on any atom is -0.490 e. The quantitative estimate of drug-likeness (QED) is 0.110. The van der Waals surface area contributed by atoms with Gasteiger partial charge in [-0.2, -0.15) is 5.10 Å². The van der Waals surface area contributed by atoms with Gasteiger partial charge in [0.1, 0.15) is 19.0 Å². The molecule has 0 atom stereocenters. The molecule has 1 amide bonds. The number of hydrogen-bond acceptors (Lipinski definition) is 7. The van der Waals surface area contributed by atoms with Crippen LogP contribution in [0.1, 0.15) is 34.0 Å². The van der Waals surface area contributed by atoms with Crippen molar-refractivity contribution in [3.8, 4) is 17.2 Å². The SMILES string of the molecule is CCOc1cc(C(=O)N/N=C/c2cc(Br)ccc2OCc2ccc([N+](=O)[O-])cc2)ccc1OCc1ccccc1. The van der Waals surface area contributed by atoms with E-state index in [0.29, 0.717) is 41.6 Å². The second-order valence-electron chi connectivity index (χ2n) is 8.46. The van der Waals surface area contributed by atoms with Crippen LogP contribution in [0.2, 0.25) is 0 Å². The lowest BCUT2D eigenvalue weighted by Gasteiger charge is -2.13. The predicted octanol–water partition coefficient (Wildman–Crippen LogP) is 6.68. The summed E-state index contributed by atoms with van der Waals surface area (Å²) >= 11 is 3.43. The molecule has 0 bridgehead atoms. The van der Waals surface area contributed by atoms with Gasteiger partial charge in [-0.3, -0.25) is 14.9 Å². The van der Waals surface area contributed by atoms with Crippen molar-refractivity contribution in [2.45, 2.75) is 20.1 Å². The van der Waals surface area contributed by atoms with Crippen LogP contribution in [0.3, 0.4) is 0 Å². The van der Waals surface area contributed by atoms with Crippen LogP contribution in [0.25, 0.3) is 0 Å². The molecule has 0 fully saturated rings. The lowest BCUT2D eigenvalue weighted by molar-refractivity contribution is -0.384. The molecule has 0 aliphatic rings. The number of ether oxygens (including phenoxy) is 3. The van der Waals surface area contributed by atoms with E-state index in [9.17, 15) is 14.9 Å². The Morgan fingerprint density at radius 3 is 2.25 bits per heavy atom. The van der Waals surface area contributed by atoms with Crippen molar-refractivity contribution in [3.05, 3.63) is 128 Å². The van der Waals surface area contributed by atoms with E-state index < -0.39 is 10.8 Å². The smallest absolute Gasteiger partial charge is 0.271 e. The summed E-state index contributed by atoms with van der Waals surface area (Å²) < 4.78 is 18.3. The highest BCUT2D eigenvalue weighted by molar-refractivity contribution is 9.10. The summed E-state index contributed by atoms with van der Waals surface area (Å²) in [5.41, 5.74) is 5.31. The van der Waals surface area contributed by atoms with E-state index in [4.69, 9.17) is 14.2 Å². The van der Waals surface area contributed by atoms with Crippen LogP contribution in [0.5, 0.6) is 17.2 Å². The third-order valence-corrected chi connectivity index (χ3v) is 6.12. The average molecular weight is 604 g/mol. The number of hydrazone groups is 1. The molecule has 40 heavy (non-hydrogen) atoms. The number of nitro groups is 1. The molecule has 4 aromatic carbocycles. The van der Waals surface area contributed by atoms with E-state index in [1.165, 1.54) is 18.3 Å². The number of nitrogens with zero attached hydrogens (tertiary/aromatic N) is 2. The first-order valence-electron chi connectivity index (χ1n) is 12.4. The molecule has 0 aromatic heterocycles. The zero-order valence-corrected chi connectivity index (χ0v) is 23.2. The molecule has 0 radical (unpaired) electrons. The number of carbonyl (C=O) groups excluding carboxylic acids is 1. The van der Waals surface area contributed by atoms with E-state index in [1.54, 1.807) is 42.5 Å². The van der Waals surface area contributed by atoms with Crippen molar-refractivity contribution >= 4 is 33.7 Å². The number of nitrogens with one attached hydrogen (secondary N) is 1. The number of carbonyl (C=O) groups is 1. The standard InChI is InChI=1S/C30H26BrN3O6/c1-2-38-29-17-23(10-14-28(29)40-19-21-6-4-3-5-7-21)30(35)33-32-18-24-16-25(31)11-15-27(24)39-20-22-8-12-26(13-9-22)34(36)37/h3-18H,2,19-20H2,1H3,(H,33,35)/b32-18+. The summed E-state index contributed by atoms with van der Waals surface area (Å²) in [5, 5.41) is 15.0. The van der Waals surface area contributed by atoms with Crippen LogP contribution in [0.4, 0.5) is 5.69 Å². The normalized spacial score (nSPS) is 10.8. The van der Waals surface area contributed by atoms with Crippen molar-refractivity contribution < 1.29 is 23.9 Å². The van der Waals surface area contributed by atoms with Crippen LogP contribution in [0, 0.1) is 10.1 Å². The summed E-state index contributed by atoms with van der Waals surface area (Å²) in [6.45, 7) is 2.84. The van der Waals surface area contributed by atoms with Crippen LogP contribution in [-0.4, -0.2) is 23.7 Å². The third-order valence-electron chi connectivity index (χ3n) is 5.63. The van der Waals surface area contributed by atoms with Crippen LogP contribution in [0.15, 0.2) is 101 Å². The van der Waals surface area contributed by atoms with Gasteiger partial charge in [0.25, 0.3) is 11.6 Å². The Morgan fingerprint density at radius 1 is 0.875 bits per heavy atom. The average Bonchev–Trinajstić information content (AvgIpc) is 2.97. The molecule has 204 valence electrons. The number of non-ortho nitro benzene ring substituents is 1. The van der Waals surface area contributed by atoms with Gasteiger partial charge in [0, 0.05) is 27.7 Å². The fourth-order valence-corrected chi connectivity index (χ4v) is 4.00. The highest BCUT2D eigenvalue weighted by Gasteiger charge is 2.12. The molecule has 0 heterocycles. The number of hydrogen-bond donors (Lipinski definition) is 1. The lowest BCUT2D eigenvalue weighted by atomic mass is 10.2. The van der Waals surface area contributed by atoms with Crippen molar-refractivity contribution in [1.29, 1.82) is 0 Å². The molecule has 0 unspecified atom stereocenters. The van der Waals surface area contributed by atoms with Gasteiger partial charge in [0.05, 0.1) is 17.7 Å². The number of rotatable bonds is 12. The van der Waals surface area contributed by atoms with Crippen molar-refractivity contribution in [3.63, 3.8) is 0 Å². The fraction of sp³-hybridized carbons (Fsp3) is 0.133. The Kier molecular flexibility index (Phi) is 9.84. The second kappa shape index (κ2) is 13.9. The van der Waals surface area contributed by atoms with Crippen molar-refractivity contribution in [2.75, 3.05) is 6.61 Å². The number of amides is 1. The highest BCUT2D eigenvalue weighted by atomic mass is 79.9. The minimum absolute atomic E-state index is 0.0127. The molecule has 0 aliphatic carbocycles. The van der Waals surface area contributed by atoms with Gasteiger partial charge in [-0.05, 0) is 66.6 Å². The van der Waals surface area contributed by atoms with Crippen molar-refractivity contribution in [1.82, 2.24) is 5.43 Å².